The highest BCUT2D eigenvalue weighted by Crippen LogP contribution is 2.50. The molecule has 0 amide bonds. The van der Waals surface area contributed by atoms with Crippen molar-refractivity contribution in [1.29, 1.82) is 0 Å². The molecule has 5 nitrogen and oxygen atoms in total. The van der Waals surface area contributed by atoms with Crippen molar-refractivity contribution in [2.24, 2.45) is 0 Å². The Bertz CT molecular complexity index is 1550. The van der Waals surface area contributed by atoms with Crippen LogP contribution >= 0.6 is 23.2 Å². The molecule has 1 heterocycles. The SMILES string of the molecule is COc1cc(C2C3=C(CCCC3=O)N(CCc3ccccc3)C3=C2C(=O)CCC3)ccc1OCc1ccc(Cl)cc1Cl. The first kappa shape index (κ1) is 28.6. The molecular formula is C35H33Cl2NO4. The summed E-state index contributed by atoms with van der Waals surface area (Å²) in [6.07, 6.45) is 5.16. The van der Waals surface area contributed by atoms with Gasteiger partial charge in [0.2, 0.25) is 0 Å². The summed E-state index contributed by atoms with van der Waals surface area (Å²) in [6, 6.07) is 21.4. The number of halogens is 2. The molecule has 3 aromatic carbocycles. The molecule has 3 aliphatic rings. The Kier molecular flexibility index (Phi) is 8.41. The summed E-state index contributed by atoms with van der Waals surface area (Å²) < 4.78 is 11.9. The summed E-state index contributed by atoms with van der Waals surface area (Å²) in [4.78, 5) is 29.6. The Balaban J connectivity index is 1.37. The van der Waals surface area contributed by atoms with E-state index in [4.69, 9.17) is 32.7 Å². The number of methoxy groups -OCH3 is 1. The van der Waals surface area contributed by atoms with Crippen LogP contribution in [0.5, 0.6) is 11.5 Å². The van der Waals surface area contributed by atoms with Crippen molar-refractivity contribution in [3.05, 3.63) is 116 Å². The number of carbonyl (C=O) groups is 2. The third-order valence-electron chi connectivity index (χ3n) is 8.47. The zero-order valence-corrected chi connectivity index (χ0v) is 25.1. The maximum Gasteiger partial charge on any atom is 0.161 e. The maximum atomic E-state index is 13.7. The molecule has 7 heteroatoms. The maximum absolute atomic E-state index is 13.7. The minimum Gasteiger partial charge on any atom is -0.493 e. The minimum absolute atomic E-state index is 0.132. The van der Waals surface area contributed by atoms with Gasteiger partial charge in [0.1, 0.15) is 6.61 Å². The first-order chi connectivity index (χ1) is 20.4. The van der Waals surface area contributed by atoms with E-state index < -0.39 is 5.92 Å². The molecule has 42 heavy (non-hydrogen) atoms. The van der Waals surface area contributed by atoms with Crippen LogP contribution in [-0.4, -0.2) is 30.1 Å². The van der Waals surface area contributed by atoms with Crippen molar-refractivity contribution < 1.29 is 19.1 Å². The van der Waals surface area contributed by atoms with Gasteiger partial charge in [-0.1, -0.05) is 65.7 Å². The number of rotatable bonds is 8. The third kappa shape index (κ3) is 5.60. The molecule has 0 aromatic heterocycles. The first-order valence-corrected chi connectivity index (χ1v) is 15.3. The lowest BCUT2D eigenvalue weighted by molar-refractivity contribution is -0.117. The zero-order valence-electron chi connectivity index (χ0n) is 23.6. The molecule has 0 saturated carbocycles. The van der Waals surface area contributed by atoms with Gasteiger partial charge in [0.05, 0.1) is 7.11 Å². The van der Waals surface area contributed by atoms with E-state index in [9.17, 15) is 9.59 Å². The van der Waals surface area contributed by atoms with E-state index in [0.717, 1.165) is 72.3 Å². The van der Waals surface area contributed by atoms with E-state index in [1.165, 1.54) is 5.56 Å². The van der Waals surface area contributed by atoms with Gasteiger partial charge in [0.15, 0.2) is 23.1 Å². The second kappa shape index (κ2) is 12.4. The van der Waals surface area contributed by atoms with Crippen molar-refractivity contribution >= 4 is 34.8 Å². The number of hydrogen-bond acceptors (Lipinski definition) is 5. The predicted molar refractivity (Wildman–Crippen MR) is 165 cm³/mol. The van der Waals surface area contributed by atoms with Gasteiger partial charge in [-0.25, -0.2) is 0 Å². The van der Waals surface area contributed by atoms with E-state index in [1.807, 2.05) is 30.3 Å². The van der Waals surface area contributed by atoms with Crippen LogP contribution in [-0.2, 0) is 22.6 Å². The molecule has 0 spiro atoms. The van der Waals surface area contributed by atoms with Crippen molar-refractivity contribution in [1.82, 2.24) is 4.90 Å². The second-order valence-corrected chi connectivity index (χ2v) is 11.9. The molecule has 2 aliphatic carbocycles. The largest absolute Gasteiger partial charge is 0.493 e. The lowest BCUT2D eigenvalue weighted by Crippen LogP contribution is -2.39. The number of hydrogen-bond donors (Lipinski definition) is 0. The Morgan fingerprint density at radius 2 is 1.50 bits per heavy atom. The molecule has 3 aromatic rings. The van der Waals surface area contributed by atoms with Crippen LogP contribution < -0.4 is 9.47 Å². The number of allylic oxidation sites excluding steroid dienone is 4. The van der Waals surface area contributed by atoms with Gasteiger partial charge < -0.3 is 14.4 Å². The summed E-state index contributed by atoms with van der Waals surface area (Å²) in [6.45, 7) is 0.991. The first-order valence-electron chi connectivity index (χ1n) is 14.5. The Labute approximate surface area is 256 Å². The molecule has 6 rings (SSSR count). The Morgan fingerprint density at radius 3 is 2.14 bits per heavy atom. The average molecular weight is 603 g/mol. The van der Waals surface area contributed by atoms with E-state index >= 15 is 0 Å². The number of benzene rings is 3. The molecule has 0 unspecified atom stereocenters. The predicted octanol–water partition coefficient (Wildman–Crippen LogP) is 8.24. The van der Waals surface area contributed by atoms with Crippen LogP contribution in [0, 0.1) is 0 Å². The Morgan fingerprint density at radius 1 is 0.810 bits per heavy atom. The highest BCUT2D eigenvalue weighted by molar-refractivity contribution is 6.35. The van der Waals surface area contributed by atoms with E-state index in [-0.39, 0.29) is 18.2 Å². The van der Waals surface area contributed by atoms with Crippen LogP contribution in [0.3, 0.4) is 0 Å². The third-order valence-corrected chi connectivity index (χ3v) is 9.06. The van der Waals surface area contributed by atoms with Gasteiger partial charge in [-0.05, 0) is 67.5 Å². The highest BCUT2D eigenvalue weighted by atomic mass is 35.5. The van der Waals surface area contributed by atoms with Gasteiger partial charge in [0.25, 0.3) is 0 Å². The minimum atomic E-state index is -0.405. The summed E-state index contributed by atoms with van der Waals surface area (Å²) >= 11 is 12.4. The van der Waals surface area contributed by atoms with Crippen molar-refractivity contribution in [2.75, 3.05) is 13.7 Å². The molecule has 0 bridgehead atoms. The normalized spacial score (nSPS) is 17.4. The number of Topliss-reactive ketones (excluding diaryl/α,β-unsaturated/α-hetero) is 2. The second-order valence-electron chi connectivity index (χ2n) is 11.0. The lowest BCUT2D eigenvalue weighted by Gasteiger charge is -2.44. The Hall–Kier alpha value is -3.54. The van der Waals surface area contributed by atoms with E-state index in [0.29, 0.717) is 34.4 Å². The van der Waals surface area contributed by atoms with Gasteiger partial charge in [-0.3, -0.25) is 9.59 Å². The summed E-state index contributed by atoms with van der Waals surface area (Å²) in [5.41, 5.74) is 6.62. The zero-order chi connectivity index (χ0) is 29.2. The summed E-state index contributed by atoms with van der Waals surface area (Å²) in [5.74, 6) is 0.957. The summed E-state index contributed by atoms with van der Waals surface area (Å²) in [5, 5.41) is 1.09. The fourth-order valence-electron chi connectivity index (χ4n) is 6.48. The molecule has 0 fully saturated rings. The van der Waals surface area contributed by atoms with Crippen molar-refractivity contribution in [3.8, 4) is 11.5 Å². The van der Waals surface area contributed by atoms with Gasteiger partial charge in [0, 0.05) is 63.5 Å². The standard InChI is InChI=1S/C35H33Cl2NO4/c1-41-32-19-23(14-16-31(32)42-21-24-13-15-25(36)20-26(24)37)33-34-27(9-5-11-29(34)39)38(18-17-22-7-3-2-4-8-22)28-10-6-12-30(40)35(28)33/h2-4,7-8,13-16,19-20,33H,5-6,9-12,17-18,21H2,1H3. The monoisotopic (exact) mass is 601 g/mol. The van der Waals surface area contributed by atoms with E-state index in [1.54, 1.807) is 19.2 Å². The van der Waals surface area contributed by atoms with E-state index in [2.05, 4.69) is 29.2 Å². The highest BCUT2D eigenvalue weighted by Gasteiger charge is 2.43. The molecule has 0 saturated heterocycles. The molecule has 1 aliphatic heterocycles. The summed E-state index contributed by atoms with van der Waals surface area (Å²) in [7, 11) is 1.60. The molecular weight excluding hydrogens is 569 g/mol. The number of carbonyl (C=O) groups excluding carboxylic acids is 2. The smallest absolute Gasteiger partial charge is 0.161 e. The van der Waals surface area contributed by atoms with Crippen LogP contribution in [0.2, 0.25) is 10.0 Å². The lowest BCUT2D eigenvalue weighted by atomic mass is 9.71. The van der Waals surface area contributed by atoms with Gasteiger partial charge in [-0.15, -0.1) is 0 Å². The topological polar surface area (TPSA) is 55.8 Å². The number of ether oxygens (including phenoxy) is 2. The van der Waals surface area contributed by atoms with Crippen LogP contribution in [0.25, 0.3) is 0 Å². The van der Waals surface area contributed by atoms with Gasteiger partial charge >= 0.3 is 0 Å². The van der Waals surface area contributed by atoms with Crippen molar-refractivity contribution in [3.63, 3.8) is 0 Å². The van der Waals surface area contributed by atoms with Crippen LogP contribution in [0.4, 0.5) is 0 Å². The van der Waals surface area contributed by atoms with Crippen LogP contribution in [0.15, 0.2) is 89.3 Å². The number of nitrogens with zero attached hydrogens (tertiary/aromatic N) is 1. The van der Waals surface area contributed by atoms with Crippen molar-refractivity contribution in [2.45, 2.75) is 57.5 Å². The average Bonchev–Trinajstić information content (AvgIpc) is 3.00. The molecule has 0 radical (unpaired) electrons. The quantitative estimate of drug-likeness (QED) is 0.260. The molecule has 216 valence electrons. The fourth-order valence-corrected chi connectivity index (χ4v) is 6.95. The van der Waals surface area contributed by atoms with Gasteiger partial charge in [-0.2, -0.15) is 0 Å². The van der Waals surface area contributed by atoms with Crippen LogP contribution in [0.1, 0.15) is 61.1 Å². The molecule has 0 atom stereocenters. The number of ketones is 2. The molecule has 0 N–H and O–H groups in total. The fraction of sp³-hybridized carbons (Fsp3) is 0.314.